The first-order valence-corrected chi connectivity index (χ1v) is 13.1. The summed E-state index contributed by atoms with van der Waals surface area (Å²) < 4.78 is 6.24. The van der Waals surface area contributed by atoms with Crippen LogP contribution in [0.3, 0.4) is 0 Å². The maximum absolute atomic E-state index is 13.3. The molecule has 10 heteroatoms. The first-order valence-electron chi connectivity index (χ1n) is 11.1. The maximum Gasteiger partial charge on any atom is 0.414 e. The molecule has 0 radical (unpaired) electrons. The second kappa shape index (κ2) is 10.6. The molecule has 0 unspecified atom stereocenters. The van der Waals surface area contributed by atoms with Crippen LogP contribution in [0.2, 0.25) is 5.02 Å². The van der Waals surface area contributed by atoms with Crippen molar-refractivity contribution in [2.75, 3.05) is 43.4 Å². The first-order chi connectivity index (χ1) is 15.8. The van der Waals surface area contributed by atoms with Crippen molar-refractivity contribution in [1.82, 2.24) is 10.2 Å². The molecule has 1 aliphatic heterocycles. The number of thiophene rings is 1. The summed E-state index contributed by atoms with van der Waals surface area (Å²) in [6, 6.07) is 9.14. The van der Waals surface area contributed by atoms with Crippen LogP contribution in [0, 0.1) is 0 Å². The fraction of sp³-hybridized carbons (Fsp3) is 0.478. The minimum atomic E-state index is -0.994. The van der Waals surface area contributed by atoms with E-state index in [1.54, 1.807) is 12.1 Å². The van der Waals surface area contributed by atoms with E-state index < -0.39 is 11.6 Å². The Morgan fingerprint density at radius 2 is 1.88 bits per heavy atom. The van der Waals surface area contributed by atoms with Crippen LogP contribution < -0.4 is 20.3 Å². The van der Waals surface area contributed by atoms with E-state index in [0.29, 0.717) is 28.6 Å². The fourth-order valence-electron chi connectivity index (χ4n) is 4.43. The van der Waals surface area contributed by atoms with Gasteiger partial charge >= 0.3 is 6.09 Å². The maximum atomic E-state index is 13.3. The molecule has 2 heterocycles. The predicted molar refractivity (Wildman–Crippen MR) is 137 cm³/mol. The van der Waals surface area contributed by atoms with Crippen molar-refractivity contribution in [3.05, 3.63) is 39.1 Å². The van der Waals surface area contributed by atoms with Crippen molar-refractivity contribution in [1.29, 1.82) is 0 Å². The molecule has 1 aromatic carbocycles. The van der Waals surface area contributed by atoms with Gasteiger partial charge in [0.2, 0.25) is 5.91 Å². The minimum Gasteiger partial charge on any atom is -0.399 e. The SMILES string of the molecule is CN1CCCN(c2ccc(NC(=O)C3(NC(=O)Oc4ccc(Br)s4)CCCC3)cc2Cl)CC1. The Morgan fingerprint density at radius 1 is 1.09 bits per heavy atom. The highest BCUT2D eigenvalue weighted by atomic mass is 79.9. The number of carbonyl (C=O) groups excluding carboxylic acids is 2. The van der Waals surface area contributed by atoms with Gasteiger partial charge in [0, 0.05) is 25.3 Å². The van der Waals surface area contributed by atoms with E-state index in [9.17, 15) is 9.59 Å². The van der Waals surface area contributed by atoms with Gasteiger partial charge in [0.05, 0.1) is 14.5 Å². The van der Waals surface area contributed by atoms with Crippen LogP contribution >= 0.6 is 38.9 Å². The summed E-state index contributed by atoms with van der Waals surface area (Å²) in [7, 11) is 2.13. The van der Waals surface area contributed by atoms with E-state index in [1.165, 1.54) is 11.3 Å². The summed E-state index contributed by atoms with van der Waals surface area (Å²) in [5, 5.41) is 6.87. The molecule has 4 rings (SSSR count). The van der Waals surface area contributed by atoms with Crippen LogP contribution in [-0.2, 0) is 4.79 Å². The highest BCUT2D eigenvalue weighted by molar-refractivity contribution is 9.11. The summed E-state index contributed by atoms with van der Waals surface area (Å²) in [5.41, 5.74) is 0.597. The molecule has 1 aliphatic carbocycles. The van der Waals surface area contributed by atoms with Gasteiger partial charge in [-0.3, -0.25) is 4.79 Å². The quantitative estimate of drug-likeness (QED) is 0.521. The van der Waals surface area contributed by atoms with E-state index in [0.717, 1.165) is 54.9 Å². The smallest absolute Gasteiger partial charge is 0.399 e. The van der Waals surface area contributed by atoms with Crippen molar-refractivity contribution in [3.8, 4) is 5.06 Å². The number of nitrogens with one attached hydrogen (secondary N) is 2. The van der Waals surface area contributed by atoms with Crippen LogP contribution in [-0.4, -0.2) is 55.7 Å². The molecular formula is C23H28BrClN4O3S. The Labute approximate surface area is 211 Å². The van der Waals surface area contributed by atoms with E-state index in [-0.39, 0.29) is 5.91 Å². The lowest BCUT2D eigenvalue weighted by Crippen LogP contribution is -2.55. The number of nitrogens with zero attached hydrogens (tertiary/aromatic N) is 2. The van der Waals surface area contributed by atoms with Crippen molar-refractivity contribution in [2.45, 2.75) is 37.6 Å². The standard InChI is InChI=1S/C23H28BrClN4O3S/c1-28-11-4-12-29(14-13-28)18-6-5-16(15-17(18)25)26-21(30)23(9-2-3-10-23)27-22(31)32-20-8-7-19(24)33-20/h5-8,15H,2-4,9-14H2,1H3,(H,26,30)(H,27,31). The number of hydrogen-bond donors (Lipinski definition) is 2. The lowest BCUT2D eigenvalue weighted by Gasteiger charge is -2.29. The van der Waals surface area contributed by atoms with Gasteiger partial charge < -0.3 is 25.2 Å². The van der Waals surface area contributed by atoms with Crippen LogP contribution in [0.1, 0.15) is 32.1 Å². The highest BCUT2D eigenvalue weighted by Gasteiger charge is 2.43. The fourth-order valence-corrected chi connectivity index (χ4v) is 5.92. The number of hydrogen-bond acceptors (Lipinski definition) is 6. The Hall–Kier alpha value is -1.81. The Balaban J connectivity index is 1.42. The van der Waals surface area contributed by atoms with E-state index in [1.807, 2.05) is 18.2 Å². The molecule has 1 aromatic heterocycles. The molecule has 2 amide bonds. The summed E-state index contributed by atoms with van der Waals surface area (Å²) in [6.45, 7) is 3.93. The van der Waals surface area contributed by atoms with Gasteiger partial charge in [0.15, 0.2) is 5.06 Å². The second-order valence-corrected chi connectivity index (χ2v) is 11.5. The van der Waals surface area contributed by atoms with E-state index >= 15 is 0 Å². The Morgan fingerprint density at radius 3 is 2.58 bits per heavy atom. The first kappa shape index (κ1) is 24.3. The lowest BCUT2D eigenvalue weighted by atomic mass is 9.96. The number of amides is 2. The molecule has 1 saturated carbocycles. The predicted octanol–water partition coefficient (Wildman–Crippen LogP) is 5.35. The largest absolute Gasteiger partial charge is 0.414 e. The molecular weight excluding hydrogens is 528 g/mol. The molecule has 2 N–H and O–H groups in total. The van der Waals surface area contributed by atoms with Crippen LogP contribution in [0.4, 0.5) is 16.2 Å². The highest BCUT2D eigenvalue weighted by Crippen LogP contribution is 2.34. The number of carbonyl (C=O) groups is 2. The van der Waals surface area contributed by atoms with Crippen molar-refractivity contribution < 1.29 is 14.3 Å². The normalized spacial score (nSPS) is 18.6. The molecule has 33 heavy (non-hydrogen) atoms. The minimum absolute atomic E-state index is 0.246. The van der Waals surface area contributed by atoms with Gasteiger partial charge in [-0.05, 0) is 79.1 Å². The zero-order valence-electron chi connectivity index (χ0n) is 18.5. The summed E-state index contributed by atoms with van der Waals surface area (Å²) in [4.78, 5) is 30.4. The number of likely N-dealkylation sites (N-methyl/N-ethyl adjacent to an activating group) is 1. The molecule has 2 aromatic rings. The number of ether oxygens (including phenoxy) is 1. The van der Waals surface area contributed by atoms with Crippen molar-refractivity contribution in [3.63, 3.8) is 0 Å². The van der Waals surface area contributed by atoms with Gasteiger partial charge in [-0.1, -0.05) is 35.8 Å². The molecule has 0 atom stereocenters. The topological polar surface area (TPSA) is 73.9 Å². The summed E-state index contributed by atoms with van der Waals surface area (Å²) in [5.74, 6) is -0.246. The lowest BCUT2D eigenvalue weighted by molar-refractivity contribution is -0.122. The van der Waals surface area contributed by atoms with Crippen LogP contribution in [0.15, 0.2) is 34.1 Å². The molecule has 1 saturated heterocycles. The van der Waals surface area contributed by atoms with E-state index in [2.05, 4.69) is 43.4 Å². The third kappa shape index (κ3) is 6.01. The molecule has 0 bridgehead atoms. The third-order valence-corrected chi connectivity index (χ3v) is 8.05. The Bertz CT molecular complexity index is 1010. The monoisotopic (exact) mass is 554 g/mol. The van der Waals surface area contributed by atoms with Gasteiger partial charge in [0.25, 0.3) is 0 Å². The average Bonchev–Trinajstić information content (AvgIpc) is 3.34. The van der Waals surface area contributed by atoms with Gasteiger partial charge in [-0.2, -0.15) is 0 Å². The summed E-state index contributed by atoms with van der Waals surface area (Å²) >= 11 is 11.3. The second-order valence-electron chi connectivity index (χ2n) is 8.63. The number of anilines is 2. The number of halogens is 2. The average molecular weight is 556 g/mol. The van der Waals surface area contributed by atoms with Crippen molar-refractivity contribution in [2.24, 2.45) is 0 Å². The zero-order valence-corrected chi connectivity index (χ0v) is 21.7. The molecule has 0 spiro atoms. The van der Waals surface area contributed by atoms with Gasteiger partial charge in [-0.15, -0.1) is 0 Å². The van der Waals surface area contributed by atoms with Gasteiger partial charge in [0.1, 0.15) is 5.54 Å². The van der Waals surface area contributed by atoms with Crippen LogP contribution in [0.5, 0.6) is 5.06 Å². The Kier molecular flexibility index (Phi) is 7.83. The molecule has 7 nitrogen and oxygen atoms in total. The summed E-state index contributed by atoms with van der Waals surface area (Å²) in [6.07, 6.45) is 3.31. The molecule has 2 fully saturated rings. The van der Waals surface area contributed by atoms with Crippen molar-refractivity contribution >= 4 is 62.2 Å². The number of benzene rings is 1. The number of rotatable bonds is 5. The van der Waals surface area contributed by atoms with E-state index in [4.69, 9.17) is 16.3 Å². The zero-order chi connectivity index (χ0) is 23.4. The van der Waals surface area contributed by atoms with Gasteiger partial charge in [-0.25, -0.2) is 4.79 Å². The third-order valence-electron chi connectivity index (χ3n) is 6.24. The molecule has 178 valence electrons. The van der Waals surface area contributed by atoms with Crippen LogP contribution in [0.25, 0.3) is 0 Å². The molecule has 2 aliphatic rings.